The van der Waals surface area contributed by atoms with Crippen molar-refractivity contribution in [3.05, 3.63) is 22.7 Å². The van der Waals surface area contributed by atoms with E-state index in [4.69, 9.17) is 5.11 Å². The molecule has 0 aromatic rings. The molecule has 78 valence electrons. The molecule has 0 aromatic heterocycles. The number of rotatable bonds is 2. The van der Waals surface area contributed by atoms with Gasteiger partial charge in [0.25, 0.3) is 5.92 Å². The van der Waals surface area contributed by atoms with Crippen LogP contribution in [0, 0.1) is 11.8 Å². The van der Waals surface area contributed by atoms with Gasteiger partial charge in [0.15, 0.2) is 0 Å². The minimum absolute atomic E-state index is 0.274. The third-order valence-electron chi connectivity index (χ3n) is 2.17. The summed E-state index contributed by atoms with van der Waals surface area (Å²) < 4.78 is 26.9. The van der Waals surface area contributed by atoms with Gasteiger partial charge in [-0.1, -0.05) is 35.0 Å². The molecule has 0 heterocycles. The maximum atomic E-state index is 13.3. The summed E-state index contributed by atoms with van der Waals surface area (Å²) in [6.07, 6.45) is 3.40. The molecule has 1 aliphatic rings. The Labute approximate surface area is 88.4 Å². The zero-order valence-corrected chi connectivity index (χ0v) is 8.96. The van der Waals surface area contributed by atoms with Crippen molar-refractivity contribution in [2.45, 2.75) is 12.8 Å². The van der Waals surface area contributed by atoms with Crippen molar-refractivity contribution < 1.29 is 18.7 Å². The highest BCUT2D eigenvalue weighted by atomic mass is 79.9. The van der Waals surface area contributed by atoms with Gasteiger partial charge >= 0.3 is 5.97 Å². The highest BCUT2D eigenvalue weighted by Crippen LogP contribution is 2.38. The second-order valence-corrected chi connectivity index (χ2v) is 4.13. The van der Waals surface area contributed by atoms with Crippen molar-refractivity contribution >= 4 is 21.9 Å². The largest absolute Gasteiger partial charge is 0.481 e. The molecule has 0 spiro atoms. The van der Waals surface area contributed by atoms with Crippen LogP contribution in [-0.4, -0.2) is 17.0 Å². The Kier molecular flexibility index (Phi) is 3.09. The SMILES string of the molecule is CC(C(=O)O)C1C=CC(Br)=CC1(F)F. The first-order valence-electron chi connectivity index (χ1n) is 4.02. The van der Waals surface area contributed by atoms with Crippen LogP contribution >= 0.6 is 15.9 Å². The number of halogens is 3. The van der Waals surface area contributed by atoms with Gasteiger partial charge < -0.3 is 5.11 Å². The number of carboxylic acid groups (broad SMARTS) is 1. The molecule has 2 unspecified atom stereocenters. The zero-order chi connectivity index (χ0) is 10.9. The second kappa shape index (κ2) is 3.81. The van der Waals surface area contributed by atoms with Gasteiger partial charge in [0.1, 0.15) is 0 Å². The Hall–Kier alpha value is -0.710. The number of aliphatic carboxylic acids is 1. The topological polar surface area (TPSA) is 37.3 Å². The van der Waals surface area contributed by atoms with Crippen molar-refractivity contribution in [1.29, 1.82) is 0 Å². The standard InChI is InChI=1S/C9H9BrF2O2/c1-5(8(13)14)7-3-2-6(10)4-9(7,11)12/h2-5,7H,1H3,(H,13,14). The van der Waals surface area contributed by atoms with E-state index in [0.29, 0.717) is 0 Å². The van der Waals surface area contributed by atoms with Gasteiger partial charge in [-0.15, -0.1) is 0 Å². The van der Waals surface area contributed by atoms with E-state index in [1.165, 1.54) is 19.1 Å². The Balaban J connectivity index is 2.93. The molecule has 2 nitrogen and oxygen atoms in total. The molecular formula is C9H9BrF2O2. The molecule has 1 aliphatic carbocycles. The maximum Gasteiger partial charge on any atom is 0.307 e. The van der Waals surface area contributed by atoms with Crippen LogP contribution in [0.2, 0.25) is 0 Å². The lowest BCUT2D eigenvalue weighted by molar-refractivity contribution is -0.146. The van der Waals surface area contributed by atoms with Crippen molar-refractivity contribution in [3.8, 4) is 0 Å². The molecule has 1 rings (SSSR count). The molecule has 0 aliphatic heterocycles. The third kappa shape index (κ3) is 2.20. The normalized spacial score (nSPS) is 26.9. The number of carboxylic acids is 1. The molecule has 0 radical (unpaired) electrons. The molecule has 0 amide bonds. The van der Waals surface area contributed by atoms with Crippen LogP contribution < -0.4 is 0 Å². The van der Waals surface area contributed by atoms with Crippen molar-refractivity contribution in [3.63, 3.8) is 0 Å². The fourth-order valence-electron chi connectivity index (χ4n) is 1.31. The van der Waals surface area contributed by atoms with E-state index in [-0.39, 0.29) is 4.48 Å². The Morgan fingerprint density at radius 1 is 1.71 bits per heavy atom. The lowest BCUT2D eigenvalue weighted by Crippen LogP contribution is -2.35. The molecule has 0 bridgehead atoms. The summed E-state index contributed by atoms with van der Waals surface area (Å²) in [4.78, 5) is 10.6. The molecule has 0 saturated heterocycles. The molecule has 0 aromatic carbocycles. The Morgan fingerprint density at radius 2 is 2.29 bits per heavy atom. The van der Waals surface area contributed by atoms with E-state index in [0.717, 1.165) is 6.08 Å². The summed E-state index contributed by atoms with van der Waals surface area (Å²) in [5, 5.41) is 8.63. The molecule has 2 atom stereocenters. The smallest absolute Gasteiger partial charge is 0.307 e. The maximum absolute atomic E-state index is 13.3. The predicted molar refractivity (Wildman–Crippen MR) is 51.4 cm³/mol. The van der Waals surface area contributed by atoms with Gasteiger partial charge in [0, 0.05) is 4.48 Å². The number of allylic oxidation sites excluding steroid dienone is 4. The van der Waals surface area contributed by atoms with Crippen LogP contribution in [0.15, 0.2) is 22.7 Å². The summed E-state index contributed by atoms with van der Waals surface area (Å²) in [5.74, 6) is -6.70. The summed E-state index contributed by atoms with van der Waals surface area (Å²) in [6.45, 7) is 1.28. The van der Waals surface area contributed by atoms with Crippen molar-refractivity contribution in [1.82, 2.24) is 0 Å². The number of hydrogen-bond acceptors (Lipinski definition) is 1. The molecule has 0 saturated carbocycles. The molecule has 1 N–H and O–H groups in total. The number of carbonyl (C=O) groups is 1. The van der Waals surface area contributed by atoms with Crippen LogP contribution in [0.25, 0.3) is 0 Å². The van der Waals surface area contributed by atoms with Crippen LogP contribution in [-0.2, 0) is 4.79 Å². The average Bonchev–Trinajstić information content (AvgIpc) is 2.01. The van der Waals surface area contributed by atoms with Gasteiger partial charge in [-0.2, -0.15) is 0 Å². The Morgan fingerprint density at radius 3 is 2.71 bits per heavy atom. The predicted octanol–water partition coefficient (Wildman–Crippen LogP) is 2.81. The quantitative estimate of drug-likeness (QED) is 0.835. The minimum Gasteiger partial charge on any atom is -0.481 e. The third-order valence-corrected chi connectivity index (χ3v) is 2.66. The molecule has 14 heavy (non-hydrogen) atoms. The van der Waals surface area contributed by atoms with Crippen LogP contribution in [0.3, 0.4) is 0 Å². The van der Waals surface area contributed by atoms with Gasteiger partial charge in [0.2, 0.25) is 0 Å². The fourth-order valence-corrected chi connectivity index (χ4v) is 1.76. The second-order valence-electron chi connectivity index (χ2n) is 3.22. The number of hydrogen-bond donors (Lipinski definition) is 1. The van der Waals surface area contributed by atoms with Crippen molar-refractivity contribution in [2.24, 2.45) is 11.8 Å². The minimum atomic E-state index is -3.11. The molecule has 5 heteroatoms. The van der Waals surface area contributed by atoms with Crippen LogP contribution in [0.5, 0.6) is 0 Å². The van der Waals surface area contributed by atoms with E-state index in [1.807, 2.05) is 0 Å². The van der Waals surface area contributed by atoms with E-state index in [9.17, 15) is 13.6 Å². The first kappa shape index (κ1) is 11.4. The van der Waals surface area contributed by atoms with Gasteiger partial charge in [-0.25, -0.2) is 8.78 Å². The van der Waals surface area contributed by atoms with E-state index in [2.05, 4.69) is 15.9 Å². The summed E-state index contributed by atoms with van der Waals surface area (Å²) in [6, 6.07) is 0. The van der Waals surface area contributed by atoms with Crippen LogP contribution in [0.4, 0.5) is 8.78 Å². The summed E-state index contributed by atoms with van der Waals surface area (Å²) >= 11 is 2.92. The van der Waals surface area contributed by atoms with Gasteiger partial charge in [-0.3, -0.25) is 4.79 Å². The lowest BCUT2D eigenvalue weighted by atomic mass is 9.85. The summed E-state index contributed by atoms with van der Waals surface area (Å²) in [5.41, 5.74) is 0. The van der Waals surface area contributed by atoms with Gasteiger partial charge in [0.05, 0.1) is 11.8 Å². The monoisotopic (exact) mass is 266 g/mol. The lowest BCUT2D eigenvalue weighted by Gasteiger charge is -2.27. The van der Waals surface area contributed by atoms with E-state index in [1.54, 1.807) is 0 Å². The van der Waals surface area contributed by atoms with Crippen LogP contribution in [0.1, 0.15) is 6.92 Å². The highest BCUT2D eigenvalue weighted by Gasteiger charge is 2.43. The van der Waals surface area contributed by atoms with Crippen molar-refractivity contribution in [2.75, 3.05) is 0 Å². The Bertz CT molecular complexity index is 310. The molecular weight excluding hydrogens is 258 g/mol. The van der Waals surface area contributed by atoms with E-state index >= 15 is 0 Å². The van der Waals surface area contributed by atoms with Gasteiger partial charge in [-0.05, 0) is 6.08 Å². The first-order valence-corrected chi connectivity index (χ1v) is 4.81. The summed E-state index contributed by atoms with van der Waals surface area (Å²) in [7, 11) is 0. The molecule has 0 fully saturated rings. The van der Waals surface area contributed by atoms with E-state index < -0.39 is 23.7 Å². The first-order chi connectivity index (χ1) is 6.34. The zero-order valence-electron chi connectivity index (χ0n) is 7.38. The number of alkyl halides is 2. The highest BCUT2D eigenvalue weighted by molar-refractivity contribution is 9.11. The fraction of sp³-hybridized carbons (Fsp3) is 0.444. The average molecular weight is 267 g/mol.